The Morgan fingerprint density at radius 1 is 0.833 bits per heavy atom. The zero-order chi connectivity index (χ0) is 15.6. The first-order chi connectivity index (χ1) is 11.4. The van der Waals surface area contributed by atoms with E-state index in [2.05, 4.69) is 46.5 Å². The molecule has 0 aliphatic carbocycles. The maximum absolute atomic E-state index is 8.90. The van der Waals surface area contributed by atoms with Gasteiger partial charge in [-0.05, 0) is 22.6 Å². The minimum Gasteiger partial charge on any atom is -0.411 e. The van der Waals surface area contributed by atoms with Crippen LogP contribution in [-0.4, -0.2) is 16.4 Å². The first-order valence-corrected chi connectivity index (χ1v) is 7.42. The summed E-state index contributed by atoms with van der Waals surface area (Å²) in [4.78, 5) is 4.67. The zero-order valence-electron chi connectivity index (χ0n) is 12.8. The lowest BCUT2D eigenvalue weighted by atomic mass is 9.97. The lowest BCUT2D eigenvalue weighted by Gasteiger charge is -2.10. The minimum atomic E-state index is 0. The van der Waals surface area contributed by atoms with Crippen LogP contribution in [-0.2, 0) is 0 Å². The van der Waals surface area contributed by atoms with Gasteiger partial charge in [0, 0.05) is 10.8 Å². The monoisotopic (exact) mass is 334 g/mol. The van der Waals surface area contributed by atoms with E-state index < -0.39 is 0 Å². The average Bonchev–Trinajstić information content (AvgIpc) is 2.62. The van der Waals surface area contributed by atoms with Crippen molar-refractivity contribution in [3.05, 3.63) is 78.5 Å². The Morgan fingerprint density at radius 2 is 1.58 bits per heavy atom. The Kier molecular flexibility index (Phi) is 4.45. The molecule has 0 bridgehead atoms. The summed E-state index contributed by atoms with van der Waals surface area (Å²) in [6.07, 6.45) is 1.37. The van der Waals surface area contributed by atoms with E-state index in [0.717, 1.165) is 32.8 Å². The van der Waals surface area contributed by atoms with Crippen molar-refractivity contribution in [1.29, 1.82) is 0 Å². The van der Waals surface area contributed by atoms with Gasteiger partial charge in [-0.2, -0.15) is 0 Å². The summed E-state index contributed by atoms with van der Waals surface area (Å²) in [6, 6.07) is 24.5. The Labute approximate surface area is 145 Å². The van der Waals surface area contributed by atoms with Crippen LogP contribution in [0.25, 0.3) is 32.8 Å². The van der Waals surface area contributed by atoms with Gasteiger partial charge in [0.05, 0.1) is 17.4 Å². The van der Waals surface area contributed by atoms with Crippen LogP contribution in [0.5, 0.6) is 0 Å². The third kappa shape index (κ3) is 2.70. The first-order valence-electron chi connectivity index (χ1n) is 7.42. The zero-order valence-corrected chi connectivity index (χ0v) is 13.6. The van der Waals surface area contributed by atoms with E-state index in [1.54, 1.807) is 0 Å². The number of hydrogen-bond donors (Lipinski definition) is 1. The molecular weight excluding hydrogens is 320 g/mol. The molecule has 0 amide bonds. The van der Waals surface area contributed by atoms with Crippen LogP contribution < -0.4 is 0 Å². The van der Waals surface area contributed by atoms with Gasteiger partial charge in [-0.15, -0.1) is 12.4 Å². The van der Waals surface area contributed by atoms with E-state index >= 15 is 0 Å². The third-order valence-corrected chi connectivity index (χ3v) is 4.00. The van der Waals surface area contributed by atoms with Gasteiger partial charge in [-0.25, -0.2) is 4.98 Å². The highest BCUT2D eigenvalue weighted by atomic mass is 35.5. The fourth-order valence-corrected chi connectivity index (χ4v) is 2.96. The number of hydrogen-bond acceptors (Lipinski definition) is 3. The topological polar surface area (TPSA) is 45.5 Å². The molecule has 3 nitrogen and oxygen atoms in total. The van der Waals surface area contributed by atoms with Gasteiger partial charge in [0.15, 0.2) is 0 Å². The molecule has 1 aromatic heterocycles. The lowest BCUT2D eigenvalue weighted by molar-refractivity contribution is 0.321. The van der Waals surface area contributed by atoms with Gasteiger partial charge >= 0.3 is 0 Å². The van der Waals surface area contributed by atoms with Gasteiger partial charge in [0.25, 0.3) is 0 Å². The highest BCUT2D eigenvalue weighted by Gasteiger charge is 2.10. The predicted molar refractivity (Wildman–Crippen MR) is 101 cm³/mol. The standard InChI is InChI=1S/C20H14N2O.ClH/c23-21-13-16-12-19(14-6-2-1-3-7-14)18-11-10-15-8-4-5-9-17(15)20(18)22-16;/h1-13,23H;1H. The molecular formula is C20H15ClN2O. The van der Waals surface area contributed by atoms with Crippen molar-refractivity contribution in [2.45, 2.75) is 0 Å². The molecule has 3 aromatic carbocycles. The van der Waals surface area contributed by atoms with Crippen molar-refractivity contribution < 1.29 is 5.21 Å². The van der Waals surface area contributed by atoms with E-state index in [1.165, 1.54) is 6.21 Å². The van der Waals surface area contributed by atoms with E-state index in [-0.39, 0.29) is 12.4 Å². The maximum atomic E-state index is 8.90. The third-order valence-electron chi connectivity index (χ3n) is 4.00. The molecule has 1 heterocycles. The van der Waals surface area contributed by atoms with Gasteiger partial charge in [0.1, 0.15) is 0 Å². The van der Waals surface area contributed by atoms with Crippen LogP contribution in [0, 0.1) is 0 Å². The lowest BCUT2D eigenvalue weighted by Crippen LogP contribution is -1.93. The number of halogens is 1. The molecule has 0 aliphatic rings. The molecule has 0 saturated carbocycles. The van der Waals surface area contributed by atoms with Gasteiger partial charge in [-0.3, -0.25) is 0 Å². The molecule has 4 aromatic rings. The summed E-state index contributed by atoms with van der Waals surface area (Å²) in [5.74, 6) is 0. The number of nitrogens with zero attached hydrogens (tertiary/aromatic N) is 2. The fraction of sp³-hybridized carbons (Fsp3) is 0. The summed E-state index contributed by atoms with van der Waals surface area (Å²) in [6.45, 7) is 0. The van der Waals surface area contributed by atoms with Gasteiger partial charge < -0.3 is 5.21 Å². The van der Waals surface area contributed by atoms with Crippen molar-refractivity contribution in [3.63, 3.8) is 0 Å². The number of fused-ring (bicyclic) bond motifs is 3. The van der Waals surface area contributed by atoms with Crippen LogP contribution in [0.4, 0.5) is 0 Å². The van der Waals surface area contributed by atoms with Crippen molar-refractivity contribution in [1.82, 2.24) is 4.98 Å². The molecule has 0 saturated heterocycles. The second-order valence-electron chi connectivity index (χ2n) is 5.39. The molecule has 0 radical (unpaired) electrons. The van der Waals surface area contributed by atoms with Crippen molar-refractivity contribution in [3.8, 4) is 11.1 Å². The highest BCUT2D eigenvalue weighted by Crippen LogP contribution is 2.32. The summed E-state index contributed by atoms with van der Waals surface area (Å²) in [5.41, 5.74) is 3.74. The van der Waals surface area contributed by atoms with Crippen LogP contribution >= 0.6 is 12.4 Å². The van der Waals surface area contributed by atoms with Crippen molar-refractivity contribution in [2.75, 3.05) is 0 Å². The predicted octanol–water partition coefficient (Wildman–Crippen LogP) is 5.28. The normalized spacial score (nSPS) is 11.0. The summed E-state index contributed by atoms with van der Waals surface area (Å²) >= 11 is 0. The Morgan fingerprint density at radius 3 is 2.38 bits per heavy atom. The molecule has 4 heteroatoms. The number of oxime groups is 1. The smallest absolute Gasteiger partial charge is 0.0918 e. The number of benzene rings is 3. The van der Waals surface area contributed by atoms with E-state index in [9.17, 15) is 0 Å². The number of pyridine rings is 1. The van der Waals surface area contributed by atoms with Crippen LogP contribution in [0.2, 0.25) is 0 Å². The number of rotatable bonds is 2. The molecule has 0 atom stereocenters. The maximum Gasteiger partial charge on any atom is 0.0918 e. The Bertz CT molecular complexity index is 1030. The van der Waals surface area contributed by atoms with Crippen molar-refractivity contribution in [2.24, 2.45) is 5.16 Å². The summed E-state index contributed by atoms with van der Waals surface area (Å²) in [5, 5.41) is 15.4. The van der Waals surface area contributed by atoms with Crippen molar-refractivity contribution >= 4 is 40.3 Å². The second kappa shape index (κ2) is 6.69. The van der Waals surface area contributed by atoms with E-state index in [4.69, 9.17) is 5.21 Å². The molecule has 4 rings (SSSR count). The van der Waals surface area contributed by atoms with Gasteiger partial charge in [-0.1, -0.05) is 71.9 Å². The second-order valence-corrected chi connectivity index (χ2v) is 5.39. The minimum absolute atomic E-state index is 0. The fourth-order valence-electron chi connectivity index (χ4n) is 2.96. The van der Waals surface area contributed by atoms with E-state index in [0.29, 0.717) is 5.69 Å². The Hall–Kier alpha value is -2.91. The number of aromatic nitrogens is 1. The Balaban J connectivity index is 0.00000169. The molecule has 118 valence electrons. The molecule has 0 fully saturated rings. The molecule has 0 aliphatic heterocycles. The summed E-state index contributed by atoms with van der Waals surface area (Å²) < 4.78 is 0. The SMILES string of the molecule is Cl.ON=Cc1cc(-c2ccccc2)c2ccc3ccccc3c2n1. The highest BCUT2D eigenvalue weighted by molar-refractivity contribution is 6.10. The average molecular weight is 335 g/mol. The van der Waals surface area contributed by atoms with Crippen LogP contribution in [0.15, 0.2) is 78.0 Å². The summed E-state index contributed by atoms with van der Waals surface area (Å²) in [7, 11) is 0. The molecule has 0 unspecified atom stereocenters. The molecule has 1 N–H and O–H groups in total. The van der Waals surface area contributed by atoms with Gasteiger partial charge in [0.2, 0.25) is 0 Å². The molecule has 0 spiro atoms. The van der Waals surface area contributed by atoms with Crippen LogP contribution in [0.1, 0.15) is 5.69 Å². The first kappa shape index (κ1) is 16.0. The largest absolute Gasteiger partial charge is 0.411 e. The van der Waals surface area contributed by atoms with E-state index in [1.807, 2.05) is 36.4 Å². The van der Waals surface area contributed by atoms with Crippen LogP contribution in [0.3, 0.4) is 0 Å². The quantitative estimate of drug-likeness (QED) is 0.234. The molecule has 24 heavy (non-hydrogen) atoms.